The molecule has 0 unspecified atom stereocenters. The Bertz CT molecular complexity index is 349. The van der Waals surface area contributed by atoms with Gasteiger partial charge in [0.05, 0.1) is 11.5 Å². The molecule has 0 aliphatic carbocycles. The molecule has 0 bridgehead atoms. The summed E-state index contributed by atoms with van der Waals surface area (Å²) in [6, 6.07) is -0.371. The lowest BCUT2D eigenvalue weighted by molar-refractivity contribution is -0.143. The predicted molar refractivity (Wildman–Crippen MR) is 70.4 cm³/mol. The SMILES string of the molecule is CC(C)[C@H]1CN(C(=O)NOC(C)(C)C)C[C@@H]1C(=O)O. The van der Waals surface area contributed by atoms with Gasteiger partial charge in [-0.15, -0.1) is 0 Å². The van der Waals surface area contributed by atoms with Crippen molar-refractivity contribution in [2.75, 3.05) is 13.1 Å². The molecule has 110 valence electrons. The maximum atomic E-state index is 11.9. The van der Waals surface area contributed by atoms with E-state index in [1.165, 1.54) is 4.90 Å². The van der Waals surface area contributed by atoms with Gasteiger partial charge in [-0.2, -0.15) is 0 Å². The number of carbonyl (C=O) groups is 2. The molecule has 1 saturated heterocycles. The molecule has 1 heterocycles. The van der Waals surface area contributed by atoms with E-state index in [1.54, 1.807) is 0 Å². The van der Waals surface area contributed by atoms with Crippen LogP contribution in [0.25, 0.3) is 0 Å². The van der Waals surface area contributed by atoms with Crippen molar-refractivity contribution in [2.24, 2.45) is 17.8 Å². The lowest BCUT2D eigenvalue weighted by Crippen LogP contribution is -2.42. The zero-order valence-electron chi connectivity index (χ0n) is 12.3. The number of nitrogens with zero attached hydrogens (tertiary/aromatic N) is 1. The minimum absolute atomic E-state index is 0.0158. The number of carboxylic acids is 1. The summed E-state index contributed by atoms with van der Waals surface area (Å²) in [4.78, 5) is 29.9. The Morgan fingerprint density at radius 2 is 1.89 bits per heavy atom. The van der Waals surface area contributed by atoms with Crippen LogP contribution >= 0.6 is 0 Å². The molecule has 6 heteroatoms. The highest BCUT2D eigenvalue weighted by Crippen LogP contribution is 2.29. The van der Waals surface area contributed by atoms with Crippen LogP contribution < -0.4 is 5.48 Å². The van der Waals surface area contributed by atoms with Crippen LogP contribution in [0.1, 0.15) is 34.6 Å². The molecule has 19 heavy (non-hydrogen) atoms. The molecule has 0 saturated carbocycles. The summed E-state index contributed by atoms with van der Waals surface area (Å²) < 4.78 is 0. The maximum absolute atomic E-state index is 11.9. The number of urea groups is 1. The normalized spacial score (nSPS) is 23.8. The molecule has 0 aromatic rings. The highest BCUT2D eigenvalue weighted by molar-refractivity contribution is 5.77. The van der Waals surface area contributed by atoms with E-state index in [4.69, 9.17) is 4.84 Å². The lowest BCUT2D eigenvalue weighted by Gasteiger charge is -2.23. The summed E-state index contributed by atoms with van der Waals surface area (Å²) in [5, 5.41) is 9.20. The van der Waals surface area contributed by atoms with Gasteiger partial charge in [-0.3, -0.25) is 9.63 Å². The van der Waals surface area contributed by atoms with E-state index in [0.717, 1.165) is 0 Å². The molecule has 6 nitrogen and oxygen atoms in total. The van der Waals surface area contributed by atoms with Gasteiger partial charge in [-0.1, -0.05) is 13.8 Å². The Balaban J connectivity index is 2.61. The number of hydrogen-bond acceptors (Lipinski definition) is 3. The van der Waals surface area contributed by atoms with E-state index in [1.807, 2.05) is 34.6 Å². The number of hydroxylamine groups is 1. The number of hydrogen-bond donors (Lipinski definition) is 2. The highest BCUT2D eigenvalue weighted by Gasteiger charge is 2.41. The summed E-state index contributed by atoms with van der Waals surface area (Å²) in [5.74, 6) is -1.13. The minimum Gasteiger partial charge on any atom is -0.481 e. The van der Waals surface area contributed by atoms with Gasteiger partial charge in [0.1, 0.15) is 0 Å². The van der Waals surface area contributed by atoms with Crippen molar-refractivity contribution in [3.8, 4) is 0 Å². The van der Waals surface area contributed by atoms with Crippen molar-refractivity contribution in [2.45, 2.75) is 40.2 Å². The third kappa shape index (κ3) is 4.38. The summed E-state index contributed by atoms with van der Waals surface area (Å²) in [7, 11) is 0. The van der Waals surface area contributed by atoms with E-state index in [0.29, 0.717) is 6.54 Å². The molecular formula is C13H24N2O4. The topological polar surface area (TPSA) is 78.9 Å². The molecule has 2 atom stereocenters. The summed E-state index contributed by atoms with van der Waals surface area (Å²) in [6.45, 7) is 10.1. The maximum Gasteiger partial charge on any atom is 0.341 e. The monoisotopic (exact) mass is 272 g/mol. The zero-order chi connectivity index (χ0) is 14.8. The number of aliphatic carboxylic acids is 1. The predicted octanol–water partition coefficient (Wildman–Crippen LogP) is 1.71. The quantitative estimate of drug-likeness (QED) is 0.767. The molecule has 1 rings (SSSR count). The number of rotatable bonds is 3. The van der Waals surface area contributed by atoms with Crippen molar-refractivity contribution in [1.29, 1.82) is 0 Å². The van der Waals surface area contributed by atoms with Gasteiger partial charge in [0.15, 0.2) is 0 Å². The first kappa shape index (κ1) is 15.8. The molecule has 2 N–H and O–H groups in total. The first-order valence-corrected chi connectivity index (χ1v) is 6.57. The van der Waals surface area contributed by atoms with Crippen LogP contribution in [0.15, 0.2) is 0 Å². The van der Waals surface area contributed by atoms with Crippen LogP contribution in [0.5, 0.6) is 0 Å². The Morgan fingerprint density at radius 3 is 2.26 bits per heavy atom. The van der Waals surface area contributed by atoms with Crippen molar-refractivity contribution in [3.05, 3.63) is 0 Å². The van der Waals surface area contributed by atoms with Crippen LogP contribution in [0.2, 0.25) is 0 Å². The van der Waals surface area contributed by atoms with Gasteiger partial charge in [0.2, 0.25) is 0 Å². The van der Waals surface area contributed by atoms with Crippen molar-refractivity contribution < 1.29 is 19.5 Å². The molecule has 1 aliphatic heterocycles. The zero-order valence-corrected chi connectivity index (χ0v) is 12.3. The molecule has 0 aromatic carbocycles. The standard InChI is InChI=1S/C13H24N2O4/c1-8(2)9-6-15(7-10(9)11(16)17)12(18)14-19-13(3,4)5/h8-10H,6-7H2,1-5H3,(H,14,18)(H,16,17)/t9-,10+/m1/s1. The Labute approximate surface area is 114 Å². The average Bonchev–Trinajstić information content (AvgIpc) is 2.69. The van der Waals surface area contributed by atoms with Crippen LogP contribution in [-0.2, 0) is 9.63 Å². The van der Waals surface area contributed by atoms with Crippen LogP contribution in [0.3, 0.4) is 0 Å². The fourth-order valence-electron chi connectivity index (χ4n) is 2.19. The Kier molecular flexibility index (Phi) is 4.79. The van der Waals surface area contributed by atoms with Gasteiger partial charge in [0, 0.05) is 13.1 Å². The van der Waals surface area contributed by atoms with Crippen molar-refractivity contribution >= 4 is 12.0 Å². The third-order valence-corrected chi connectivity index (χ3v) is 3.27. The van der Waals surface area contributed by atoms with Crippen LogP contribution in [-0.4, -0.2) is 40.7 Å². The first-order chi connectivity index (χ1) is 8.61. The van der Waals surface area contributed by atoms with Gasteiger partial charge in [-0.25, -0.2) is 10.3 Å². The number of amides is 2. The number of likely N-dealkylation sites (tertiary alicyclic amines) is 1. The van der Waals surface area contributed by atoms with Crippen LogP contribution in [0, 0.1) is 17.8 Å². The summed E-state index contributed by atoms with van der Waals surface area (Å²) in [6.07, 6.45) is 0. The number of carboxylic acid groups (broad SMARTS) is 1. The van der Waals surface area contributed by atoms with E-state index < -0.39 is 17.5 Å². The first-order valence-electron chi connectivity index (χ1n) is 6.57. The fourth-order valence-corrected chi connectivity index (χ4v) is 2.19. The van der Waals surface area contributed by atoms with E-state index in [2.05, 4.69) is 5.48 Å². The van der Waals surface area contributed by atoms with Crippen molar-refractivity contribution in [3.63, 3.8) is 0 Å². The van der Waals surface area contributed by atoms with E-state index >= 15 is 0 Å². The van der Waals surface area contributed by atoms with Gasteiger partial charge in [-0.05, 0) is 32.6 Å². The molecule has 0 spiro atoms. The number of nitrogens with one attached hydrogen (secondary N) is 1. The minimum atomic E-state index is -0.842. The van der Waals surface area contributed by atoms with Crippen LogP contribution in [0.4, 0.5) is 4.79 Å². The Hall–Kier alpha value is -1.30. The largest absolute Gasteiger partial charge is 0.481 e. The third-order valence-electron chi connectivity index (χ3n) is 3.27. The van der Waals surface area contributed by atoms with Crippen molar-refractivity contribution in [1.82, 2.24) is 10.4 Å². The molecule has 0 radical (unpaired) electrons. The Morgan fingerprint density at radius 1 is 1.32 bits per heavy atom. The van der Waals surface area contributed by atoms with E-state index in [9.17, 15) is 14.7 Å². The van der Waals surface area contributed by atoms with E-state index in [-0.39, 0.29) is 24.4 Å². The average molecular weight is 272 g/mol. The second-order valence-corrected chi connectivity index (χ2v) is 6.38. The molecule has 1 aliphatic rings. The van der Waals surface area contributed by atoms with Gasteiger partial charge in [0.25, 0.3) is 0 Å². The summed E-state index contributed by atoms with van der Waals surface area (Å²) in [5.41, 5.74) is 1.90. The molecule has 2 amide bonds. The lowest BCUT2D eigenvalue weighted by atomic mass is 9.86. The fraction of sp³-hybridized carbons (Fsp3) is 0.846. The second-order valence-electron chi connectivity index (χ2n) is 6.38. The highest BCUT2D eigenvalue weighted by atomic mass is 16.7. The summed E-state index contributed by atoms with van der Waals surface area (Å²) >= 11 is 0. The smallest absolute Gasteiger partial charge is 0.341 e. The second kappa shape index (κ2) is 5.77. The molecule has 0 aromatic heterocycles. The molecular weight excluding hydrogens is 248 g/mol. The number of carbonyl (C=O) groups excluding carboxylic acids is 1. The molecule has 1 fully saturated rings. The van der Waals surface area contributed by atoms with Gasteiger partial charge < -0.3 is 10.0 Å². The van der Waals surface area contributed by atoms with Gasteiger partial charge >= 0.3 is 12.0 Å².